The summed E-state index contributed by atoms with van der Waals surface area (Å²) in [5.74, 6) is -2.25. The van der Waals surface area contributed by atoms with E-state index in [-0.39, 0.29) is 18.9 Å². The number of hydrogen-bond donors (Lipinski definition) is 6. The second kappa shape index (κ2) is 15.9. The van der Waals surface area contributed by atoms with Crippen LogP contribution in [0.5, 0.6) is 0 Å². The van der Waals surface area contributed by atoms with Crippen molar-refractivity contribution in [2.45, 2.75) is 64.1 Å². The molecule has 8 N–H and O–H groups in total. The van der Waals surface area contributed by atoms with Crippen LogP contribution in [0.2, 0.25) is 0 Å². The van der Waals surface area contributed by atoms with Gasteiger partial charge in [0.05, 0.1) is 6.54 Å². The van der Waals surface area contributed by atoms with E-state index < -0.39 is 41.8 Å². The Bertz CT molecular complexity index is 563. The third-order valence-electron chi connectivity index (χ3n) is 4.80. The maximum absolute atomic E-state index is 12.8. The maximum atomic E-state index is 12.8. The molecule has 4 atom stereocenters. The molecule has 0 aliphatic carbocycles. The van der Waals surface area contributed by atoms with Gasteiger partial charge in [0.2, 0.25) is 17.7 Å². The third-order valence-corrected chi connectivity index (χ3v) is 5.45. The van der Waals surface area contributed by atoms with E-state index >= 15 is 0 Å². The molecule has 0 spiro atoms. The molecule has 3 amide bonds. The summed E-state index contributed by atoms with van der Waals surface area (Å²) in [6.45, 7) is 3.89. The number of aliphatic carboxylic acids is 1. The van der Waals surface area contributed by atoms with Crippen molar-refractivity contribution in [2.75, 3.05) is 25.1 Å². The molecule has 0 saturated carbocycles. The minimum Gasteiger partial charge on any atom is -0.480 e. The van der Waals surface area contributed by atoms with Crippen LogP contribution in [0, 0.1) is 5.92 Å². The predicted octanol–water partition coefficient (Wildman–Crippen LogP) is -0.588. The van der Waals surface area contributed by atoms with Gasteiger partial charge in [0.15, 0.2) is 0 Å². The van der Waals surface area contributed by atoms with E-state index in [1.807, 2.05) is 20.1 Å². The lowest BCUT2D eigenvalue weighted by Gasteiger charge is -2.27. The molecule has 0 aromatic carbocycles. The molecular formula is C19H37N5O5S. The zero-order valence-electron chi connectivity index (χ0n) is 18.1. The molecule has 0 saturated heterocycles. The second-order valence-electron chi connectivity index (χ2n) is 7.16. The zero-order chi connectivity index (χ0) is 23.1. The summed E-state index contributed by atoms with van der Waals surface area (Å²) < 4.78 is 0. The molecular weight excluding hydrogens is 410 g/mol. The monoisotopic (exact) mass is 447 g/mol. The molecule has 30 heavy (non-hydrogen) atoms. The number of hydrogen-bond acceptors (Lipinski definition) is 7. The Labute approximate surface area is 182 Å². The van der Waals surface area contributed by atoms with E-state index in [1.54, 1.807) is 0 Å². The number of unbranched alkanes of at least 4 members (excludes halogenated alkanes) is 1. The van der Waals surface area contributed by atoms with Crippen LogP contribution in [-0.2, 0) is 19.2 Å². The Hall–Kier alpha value is -1.85. The number of carboxylic acid groups (broad SMARTS) is 1. The highest BCUT2D eigenvalue weighted by molar-refractivity contribution is 7.98. The molecule has 0 aromatic rings. The van der Waals surface area contributed by atoms with Crippen molar-refractivity contribution in [3.63, 3.8) is 0 Å². The van der Waals surface area contributed by atoms with Gasteiger partial charge in [0.1, 0.15) is 18.1 Å². The first-order valence-electron chi connectivity index (χ1n) is 10.2. The SMILES string of the molecule is CCC(C)C(NC(=O)CN)C(=O)NC(CCSC)C(=O)NC(CCCCN)C(=O)O. The Morgan fingerprint density at radius 3 is 2.10 bits per heavy atom. The van der Waals surface area contributed by atoms with Crippen molar-refractivity contribution in [1.82, 2.24) is 16.0 Å². The number of carboxylic acids is 1. The minimum absolute atomic E-state index is 0.173. The first-order valence-corrected chi connectivity index (χ1v) is 11.6. The van der Waals surface area contributed by atoms with Crippen LogP contribution in [0.4, 0.5) is 0 Å². The Morgan fingerprint density at radius 1 is 0.967 bits per heavy atom. The number of carbonyl (C=O) groups is 4. The molecule has 10 nitrogen and oxygen atoms in total. The van der Waals surface area contributed by atoms with Crippen molar-refractivity contribution in [1.29, 1.82) is 0 Å². The number of thioether (sulfide) groups is 1. The van der Waals surface area contributed by atoms with E-state index in [1.165, 1.54) is 11.8 Å². The van der Waals surface area contributed by atoms with E-state index in [0.717, 1.165) is 0 Å². The van der Waals surface area contributed by atoms with Gasteiger partial charge in [-0.2, -0.15) is 11.8 Å². The third kappa shape index (κ3) is 10.8. The van der Waals surface area contributed by atoms with Gasteiger partial charge in [-0.05, 0) is 50.2 Å². The van der Waals surface area contributed by atoms with Crippen LogP contribution in [0.15, 0.2) is 0 Å². The fraction of sp³-hybridized carbons (Fsp3) is 0.789. The lowest BCUT2D eigenvalue weighted by Crippen LogP contribution is -2.57. The lowest BCUT2D eigenvalue weighted by molar-refractivity contribution is -0.142. The van der Waals surface area contributed by atoms with E-state index in [4.69, 9.17) is 11.5 Å². The Balaban J connectivity index is 5.29. The molecule has 0 rings (SSSR count). The topological polar surface area (TPSA) is 177 Å². The Morgan fingerprint density at radius 2 is 1.60 bits per heavy atom. The number of amides is 3. The van der Waals surface area contributed by atoms with Crippen LogP contribution < -0.4 is 27.4 Å². The first-order chi connectivity index (χ1) is 14.2. The smallest absolute Gasteiger partial charge is 0.326 e. The normalized spacial score (nSPS) is 14.8. The maximum Gasteiger partial charge on any atom is 0.326 e. The highest BCUT2D eigenvalue weighted by Crippen LogP contribution is 2.10. The van der Waals surface area contributed by atoms with Gasteiger partial charge in [0, 0.05) is 0 Å². The average molecular weight is 448 g/mol. The summed E-state index contributed by atoms with van der Waals surface area (Å²) >= 11 is 1.50. The summed E-state index contributed by atoms with van der Waals surface area (Å²) in [7, 11) is 0. The van der Waals surface area contributed by atoms with E-state index in [0.29, 0.717) is 38.0 Å². The quantitative estimate of drug-likeness (QED) is 0.170. The first kappa shape index (κ1) is 28.1. The molecule has 0 aliphatic rings. The van der Waals surface area contributed by atoms with Gasteiger partial charge in [0.25, 0.3) is 0 Å². The highest BCUT2D eigenvalue weighted by atomic mass is 32.2. The molecule has 0 aromatic heterocycles. The molecule has 0 bridgehead atoms. The van der Waals surface area contributed by atoms with Gasteiger partial charge < -0.3 is 32.5 Å². The molecule has 0 heterocycles. The Kier molecular flexibility index (Phi) is 14.9. The fourth-order valence-corrected chi connectivity index (χ4v) is 3.19. The molecule has 0 aliphatic heterocycles. The minimum atomic E-state index is -1.14. The molecule has 11 heteroatoms. The molecule has 4 unspecified atom stereocenters. The summed E-state index contributed by atoms with van der Waals surface area (Å²) in [6, 6.07) is -2.81. The van der Waals surface area contributed by atoms with Crippen LogP contribution >= 0.6 is 11.8 Å². The summed E-state index contributed by atoms with van der Waals surface area (Å²) in [5.41, 5.74) is 10.8. The summed E-state index contributed by atoms with van der Waals surface area (Å²) in [5, 5.41) is 17.2. The lowest BCUT2D eigenvalue weighted by atomic mass is 9.97. The highest BCUT2D eigenvalue weighted by Gasteiger charge is 2.31. The van der Waals surface area contributed by atoms with Gasteiger partial charge >= 0.3 is 5.97 Å². The van der Waals surface area contributed by atoms with Crippen molar-refractivity contribution in [2.24, 2.45) is 17.4 Å². The molecule has 0 fully saturated rings. The number of rotatable bonds is 16. The molecule has 0 radical (unpaired) electrons. The average Bonchev–Trinajstić information content (AvgIpc) is 2.72. The summed E-state index contributed by atoms with van der Waals surface area (Å²) in [4.78, 5) is 48.8. The van der Waals surface area contributed by atoms with Crippen LogP contribution in [0.3, 0.4) is 0 Å². The van der Waals surface area contributed by atoms with Crippen molar-refractivity contribution in [3.8, 4) is 0 Å². The van der Waals surface area contributed by atoms with Crippen LogP contribution in [0.25, 0.3) is 0 Å². The van der Waals surface area contributed by atoms with Crippen molar-refractivity contribution in [3.05, 3.63) is 0 Å². The number of nitrogens with one attached hydrogen (secondary N) is 3. The fourth-order valence-electron chi connectivity index (χ4n) is 2.72. The van der Waals surface area contributed by atoms with Crippen molar-refractivity contribution < 1.29 is 24.3 Å². The van der Waals surface area contributed by atoms with Gasteiger partial charge in [-0.15, -0.1) is 0 Å². The summed E-state index contributed by atoms with van der Waals surface area (Å²) in [6.07, 6.45) is 4.30. The number of nitrogens with two attached hydrogens (primary N) is 2. The second-order valence-corrected chi connectivity index (χ2v) is 8.15. The zero-order valence-corrected chi connectivity index (χ0v) is 18.9. The largest absolute Gasteiger partial charge is 0.480 e. The van der Waals surface area contributed by atoms with Crippen molar-refractivity contribution >= 4 is 35.5 Å². The van der Waals surface area contributed by atoms with E-state index in [9.17, 15) is 24.3 Å². The standard InChI is InChI=1S/C19H37N5O5S/c1-4-12(2)16(24-15(25)11-21)18(27)22-13(8-10-30-3)17(26)23-14(19(28)29)7-5-6-9-20/h12-14,16H,4-11,20-21H2,1-3H3,(H,22,27)(H,23,26)(H,24,25)(H,28,29). The van der Waals surface area contributed by atoms with Gasteiger partial charge in [-0.25, -0.2) is 4.79 Å². The predicted molar refractivity (Wildman–Crippen MR) is 118 cm³/mol. The van der Waals surface area contributed by atoms with Crippen LogP contribution in [-0.4, -0.2) is 72.0 Å². The number of carbonyl (C=O) groups excluding carboxylic acids is 3. The van der Waals surface area contributed by atoms with E-state index in [2.05, 4.69) is 16.0 Å². The van der Waals surface area contributed by atoms with Gasteiger partial charge in [-0.1, -0.05) is 20.3 Å². The molecule has 174 valence electrons. The van der Waals surface area contributed by atoms with Crippen LogP contribution in [0.1, 0.15) is 46.0 Å². The van der Waals surface area contributed by atoms with Gasteiger partial charge in [-0.3, -0.25) is 14.4 Å².